The van der Waals surface area contributed by atoms with Gasteiger partial charge in [-0.25, -0.2) is 0 Å². The summed E-state index contributed by atoms with van der Waals surface area (Å²) >= 11 is 0. The van der Waals surface area contributed by atoms with Crippen LogP contribution in [0.2, 0.25) is 0 Å². The zero-order valence-corrected chi connectivity index (χ0v) is 28.1. The van der Waals surface area contributed by atoms with Crippen molar-refractivity contribution in [2.24, 2.45) is 0 Å². The molecule has 2 N–H and O–H groups in total. The third-order valence-corrected chi connectivity index (χ3v) is 9.68. The number of hydrogen-bond acceptors (Lipinski definition) is 3. The first-order valence-electron chi connectivity index (χ1n) is 16.9. The van der Waals surface area contributed by atoms with Crippen molar-refractivity contribution >= 4 is 28.4 Å². The maximum Gasteiger partial charge on any atom is 0.416 e. The van der Waals surface area contributed by atoms with Crippen LogP contribution in [-0.2, 0) is 22.9 Å². The summed E-state index contributed by atoms with van der Waals surface area (Å²) in [6, 6.07) is 31.4. The van der Waals surface area contributed by atoms with Crippen molar-refractivity contribution < 1.29 is 35.9 Å². The van der Waals surface area contributed by atoms with Gasteiger partial charge in [-0.3, -0.25) is 14.3 Å². The van der Waals surface area contributed by atoms with Gasteiger partial charge in [0.2, 0.25) is 5.91 Å². The van der Waals surface area contributed by atoms with Gasteiger partial charge in [0.1, 0.15) is 12.0 Å². The highest BCUT2D eigenvalue weighted by Crippen LogP contribution is 2.51. The second-order valence-corrected chi connectivity index (χ2v) is 12.9. The minimum absolute atomic E-state index is 0.140. The van der Waals surface area contributed by atoms with Crippen LogP contribution in [0, 0.1) is 0 Å². The molecular formula is C41H32F6N4O2. The summed E-state index contributed by atoms with van der Waals surface area (Å²) in [4.78, 5) is 27.5. The van der Waals surface area contributed by atoms with Crippen LogP contribution >= 0.6 is 0 Å². The number of hydrogen-bond donors (Lipinski definition) is 2. The van der Waals surface area contributed by atoms with Crippen LogP contribution in [0.1, 0.15) is 46.3 Å². The Balaban J connectivity index is 1.12. The highest BCUT2D eigenvalue weighted by atomic mass is 19.4. The van der Waals surface area contributed by atoms with Gasteiger partial charge in [-0.1, -0.05) is 91.0 Å². The maximum absolute atomic E-state index is 13.8. The topological polar surface area (TPSA) is 76.0 Å². The Labute approximate surface area is 300 Å². The van der Waals surface area contributed by atoms with Gasteiger partial charge in [-0.2, -0.15) is 31.4 Å². The number of aromatic nitrogens is 2. The van der Waals surface area contributed by atoms with Crippen LogP contribution in [0.4, 0.5) is 32.0 Å². The summed E-state index contributed by atoms with van der Waals surface area (Å²) < 4.78 is 82.5. The van der Waals surface area contributed by atoms with Crippen molar-refractivity contribution in [2.45, 2.75) is 43.6 Å². The van der Waals surface area contributed by atoms with Crippen molar-refractivity contribution in [1.82, 2.24) is 15.1 Å². The molecule has 0 aliphatic heterocycles. The molecule has 1 heterocycles. The molecule has 6 aromatic rings. The third kappa shape index (κ3) is 6.88. The molecule has 0 radical (unpaired) electrons. The zero-order valence-electron chi connectivity index (χ0n) is 28.1. The number of carbonyl (C=O) groups excluding carboxylic acids is 2. The number of amides is 2. The first-order valence-corrected chi connectivity index (χ1v) is 16.9. The molecule has 5 aromatic carbocycles. The molecule has 0 saturated carbocycles. The summed E-state index contributed by atoms with van der Waals surface area (Å²) in [5.74, 6) is -1.44. The summed E-state index contributed by atoms with van der Waals surface area (Å²) in [7, 11) is 0. The van der Waals surface area contributed by atoms with E-state index in [0.717, 1.165) is 23.3 Å². The summed E-state index contributed by atoms with van der Waals surface area (Å²) in [6.45, 7) is -1.06. The Kier molecular flexibility index (Phi) is 9.31. The first kappa shape index (κ1) is 35.5. The first-order chi connectivity index (χ1) is 25.4. The van der Waals surface area contributed by atoms with Gasteiger partial charge < -0.3 is 10.6 Å². The van der Waals surface area contributed by atoms with E-state index in [2.05, 4.69) is 15.7 Å². The van der Waals surface area contributed by atoms with Gasteiger partial charge in [0, 0.05) is 17.5 Å². The highest BCUT2D eigenvalue weighted by Gasteiger charge is 2.49. The quantitative estimate of drug-likeness (QED) is 0.109. The Morgan fingerprint density at radius 1 is 0.717 bits per heavy atom. The van der Waals surface area contributed by atoms with Gasteiger partial charge in [0.15, 0.2) is 0 Å². The van der Waals surface area contributed by atoms with Crippen LogP contribution in [0.3, 0.4) is 0 Å². The molecule has 2 amide bonds. The Hall–Kier alpha value is -5.91. The Bertz CT molecular complexity index is 2270. The van der Waals surface area contributed by atoms with Crippen LogP contribution in [0.15, 0.2) is 121 Å². The lowest BCUT2D eigenvalue weighted by atomic mass is 9.73. The zero-order chi connectivity index (χ0) is 37.4. The molecule has 1 aliphatic carbocycles. The lowest BCUT2D eigenvalue weighted by molar-refractivity contribution is -0.141. The lowest BCUT2D eigenvalue weighted by Gasteiger charge is -2.31. The molecule has 270 valence electrons. The smallest absolute Gasteiger partial charge is 0.346 e. The van der Waals surface area contributed by atoms with E-state index in [-0.39, 0.29) is 12.0 Å². The number of rotatable bonds is 10. The molecule has 0 bridgehead atoms. The minimum atomic E-state index is -4.65. The third-order valence-electron chi connectivity index (χ3n) is 9.68. The van der Waals surface area contributed by atoms with E-state index in [9.17, 15) is 35.9 Å². The second-order valence-electron chi connectivity index (χ2n) is 12.9. The molecule has 1 aromatic heterocycles. The predicted octanol–water partition coefficient (Wildman–Crippen LogP) is 9.79. The number of fused-ring (bicyclic) bond motifs is 4. The molecule has 0 saturated heterocycles. The average molecular weight is 727 g/mol. The molecule has 1 aliphatic rings. The van der Waals surface area contributed by atoms with Crippen molar-refractivity contribution in [3.63, 3.8) is 0 Å². The largest absolute Gasteiger partial charge is 0.416 e. The number of alkyl halides is 6. The molecule has 0 fully saturated rings. The molecule has 0 atom stereocenters. The SMILES string of the molecule is O=C(Nc1cccc2c1cnn2CCCCC1(C(=O)NCC(F)(F)F)c2ccccc2-c2ccccc21)c1cc(C(F)(F)F)ccc1-c1ccccc1. The Morgan fingerprint density at radius 2 is 1.38 bits per heavy atom. The van der Waals surface area contributed by atoms with E-state index in [1.807, 2.05) is 24.3 Å². The fourth-order valence-corrected chi connectivity index (χ4v) is 7.29. The monoisotopic (exact) mass is 726 g/mol. The van der Waals surface area contributed by atoms with E-state index in [4.69, 9.17) is 0 Å². The van der Waals surface area contributed by atoms with E-state index in [1.165, 1.54) is 6.07 Å². The number of nitrogens with zero attached hydrogens (tertiary/aromatic N) is 2. The molecule has 7 rings (SSSR count). The number of nitrogens with one attached hydrogen (secondary N) is 2. The number of anilines is 1. The van der Waals surface area contributed by atoms with Gasteiger partial charge in [-0.05, 0) is 76.9 Å². The molecule has 12 heteroatoms. The van der Waals surface area contributed by atoms with Gasteiger partial charge in [0.25, 0.3) is 5.91 Å². The van der Waals surface area contributed by atoms with Gasteiger partial charge in [-0.15, -0.1) is 0 Å². The lowest BCUT2D eigenvalue weighted by Crippen LogP contribution is -2.47. The van der Waals surface area contributed by atoms with Crippen molar-refractivity contribution in [1.29, 1.82) is 0 Å². The number of carbonyl (C=O) groups is 2. The van der Waals surface area contributed by atoms with Crippen molar-refractivity contribution in [3.05, 3.63) is 144 Å². The number of unbranched alkanes of at least 4 members (excludes halogenated alkanes) is 1. The fourth-order valence-electron chi connectivity index (χ4n) is 7.29. The minimum Gasteiger partial charge on any atom is -0.346 e. The number of aryl methyl sites for hydroxylation is 1. The molecule has 0 unspecified atom stereocenters. The number of halogens is 6. The predicted molar refractivity (Wildman–Crippen MR) is 190 cm³/mol. The average Bonchev–Trinajstić information content (AvgIpc) is 3.70. The van der Waals surface area contributed by atoms with Crippen LogP contribution in [0.25, 0.3) is 33.2 Å². The molecule has 53 heavy (non-hydrogen) atoms. The van der Waals surface area contributed by atoms with E-state index >= 15 is 0 Å². The Morgan fingerprint density at radius 3 is 2.04 bits per heavy atom. The number of benzene rings is 5. The highest BCUT2D eigenvalue weighted by molar-refractivity contribution is 6.12. The van der Waals surface area contributed by atoms with E-state index < -0.39 is 41.7 Å². The molecule has 6 nitrogen and oxygen atoms in total. The normalized spacial score (nSPS) is 13.4. The van der Waals surface area contributed by atoms with Crippen LogP contribution < -0.4 is 10.6 Å². The summed E-state index contributed by atoms with van der Waals surface area (Å²) in [6.07, 6.45) is -6.46. The van der Waals surface area contributed by atoms with Crippen molar-refractivity contribution in [3.8, 4) is 22.3 Å². The molecule has 0 spiro atoms. The van der Waals surface area contributed by atoms with Crippen molar-refractivity contribution in [2.75, 3.05) is 11.9 Å². The standard InChI is InChI=1S/C41H32F6N4O2/c42-40(43,44)25-48-38(53)39(33-15-6-4-13-29(33)30-14-5-7-16-34(30)39)21-8-9-22-51-36-18-10-17-35(32(36)24-49-51)50-37(52)31-23-27(41(45,46)47)19-20-28(31)26-11-2-1-3-12-26/h1-7,10-20,23-24H,8-9,21-22,25H2,(H,48,53)(H,50,52). The van der Waals surface area contributed by atoms with Gasteiger partial charge in [0.05, 0.1) is 23.0 Å². The maximum atomic E-state index is 13.8. The second kappa shape index (κ2) is 13.9. The summed E-state index contributed by atoms with van der Waals surface area (Å²) in [5, 5.41) is 10.0. The van der Waals surface area contributed by atoms with Gasteiger partial charge >= 0.3 is 12.4 Å². The fraction of sp³-hybridized carbons (Fsp3) is 0.195. The van der Waals surface area contributed by atoms with E-state index in [1.54, 1.807) is 83.7 Å². The molecular weight excluding hydrogens is 694 g/mol. The van der Waals surface area contributed by atoms with Crippen LogP contribution in [0.5, 0.6) is 0 Å². The summed E-state index contributed by atoms with van der Waals surface area (Å²) in [5.41, 5.74) is 2.44. The van der Waals surface area contributed by atoms with E-state index in [0.29, 0.717) is 58.2 Å². The van der Waals surface area contributed by atoms with Crippen LogP contribution in [-0.4, -0.2) is 34.3 Å².